The van der Waals surface area contributed by atoms with E-state index in [1.165, 1.54) is 24.5 Å². The summed E-state index contributed by atoms with van der Waals surface area (Å²) < 4.78 is 89.1. The Morgan fingerprint density at radius 2 is 1.97 bits per heavy atom. The molecule has 0 aliphatic rings. The fourth-order valence-electron chi connectivity index (χ4n) is 3.92. The average molecular weight is 551 g/mol. The van der Waals surface area contributed by atoms with Crippen LogP contribution in [0.25, 0.3) is 11.0 Å². The molecule has 0 saturated heterocycles. The van der Waals surface area contributed by atoms with Gasteiger partial charge in [0.15, 0.2) is 0 Å². The normalized spacial score (nSPS) is 18.7. The fraction of sp³-hybridized carbons (Fsp3) is 0.483. The summed E-state index contributed by atoms with van der Waals surface area (Å²) in [7, 11) is -4.91. The molecule has 0 aliphatic heterocycles. The summed E-state index contributed by atoms with van der Waals surface area (Å²) in [5.74, 6) is -2.98. The lowest BCUT2D eigenvalue weighted by atomic mass is 10.0. The number of rotatable bonds is 11. The number of hydrogen-bond acceptors (Lipinski definition) is 6. The lowest BCUT2D eigenvalue weighted by molar-refractivity contribution is 0.0400. The average Bonchev–Trinajstić information content (AvgIpc) is 3.32. The Labute approximate surface area is 234 Å². The third-order valence-corrected chi connectivity index (χ3v) is 7.37. The zero-order valence-electron chi connectivity index (χ0n) is 28.3. The van der Waals surface area contributed by atoms with Crippen LogP contribution in [0, 0.1) is 5.89 Å². The molecule has 0 bridgehead atoms. The number of fused-ring (bicyclic) bond motifs is 1. The Kier molecular flexibility index (Phi) is 7.13. The Hall–Kier alpha value is -2.88. The van der Waals surface area contributed by atoms with Crippen molar-refractivity contribution in [2.24, 2.45) is 5.89 Å². The van der Waals surface area contributed by atoms with Crippen molar-refractivity contribution in [1.82, 2.24) is 9.62 Å². The van der Waals surface area contributed by atoms with Gasteiger partial charge in [0.25, 0.3) is 0 Å². The van der Waals surface area contributed by atoms with Gasteiger partial charge in [0, 0.05) is 26.7 Å². The minimum absolute atomic E-state index is 0.00358. The molecule has 0 radical (unpaired) electrons. The number of furan rings is 1. The summed E-state index contributed by atoms with van der Waals surface area (Å²) in [5, 5.41) is 14.5. The van der Waals surface area contributed by atoms with Crippen LogP contribution in [-0.4, -0.2) is 54.7 Å². The number of aliphatic hydroxyl groups is 1. The highest BCUT2D eigenvalue weighted by Gasteiger charge is 2.32. The van der Waals surface area contributed by atoms with Crippen molar-refractivity contribution >= 4 is 27.1 Å². The van der Waals surface area contributed by atoms with E-state index in [0.29, 0.717) is 28.5 Å². The summed E-state index contributed by atoms with van der Waals surface area (Å²) >= 11 is 0. The largest absolute Gasteiger partial charge is 0.464 e. The number of hydrogen-bond donors (Lipinski definition) is 2. The van der Waals surface area contributed by atoms with Crippen LogP contribution < -0.4 is 5.32 Å². The van der Waals surface area contributed by atoms with Crippen LogP contribution in [0.2, 0.25) is 0 Å². The van der Waals surface area contributed by atoms with Crippen LogP contribution in [0.5, 0.6) is 0 Å². The summed E-state index contributed by atoms with van der Waals surface area (Å²) in [6.07, 6.45) is -0.685. The summed E-state index contributed by atoms with van der Waals surface area (Å²) in [6, 6.07) is 11.4. The standard InChI is InChI=1S/C29H40N2O6S/c1-7-22-19-36-27-14-13-23(16-24(22)27)38(34,35)31(17-20(2)3)18-26(32)25(15-21-11-9-8-10-12-21)30-28(33)37-29(4,5)6/h8-14,16,19-20,25-26,32H,7,15,17-18H2,1-6H3,(H,30,33)/t25-,26+/m0/s1/i2D3,17D2,20D/t20?,25-,26+. The van der Waals surface area contributed by atoms with Gasteiger partial charge < -0.3 is 19.6 Å². The van der Waals surface area contributed by atoms with Crippen molar-refractivity contribution in [3.8, 4) is 0 Å². The first-order valence-corrected chi connectivity index (χ1v) is 13.8. The highest BCUT2D eigenvalue weighted by atomic mass is 32.2. The molecule has 3 atom stereocenters. The molecule has 3 aromatic rings. The van der Waals surface area contributed by atoms with Crippen molar-refractivity contribution in [3.05, 3.63) is 65.9 Å². The van der Waals surface area contributed by atoms with E-state index in [1.807, 2.05) is 6.92 Å². The van der Waals surface area contributed by atoms with Crippen LogP contribution >= 0.6 is 0 Å². The molecule has 1 amide bonds. The summed E-state index contributed by atoms with van der Waals surface area (Å²) in [6.45, 7) is -0.0913. The number of amides is 1. The van der Waals surface area contributed by atoms with E-state index >= 15 is 0 Å². The third kappa shape index (κ3) is 7.82. The van der Waals surface area contributed by atoms with Gasteiger partial charge in [-0.2, -0.15) is 4.31 Å². The number of nitrogens with zero attached hydrogens (tertiary/aromatic N) is 1. The first-order valence-electron chi connectivity index (χ1n) is 15.4. The van der Waals surface area contributed by atoms with E-state index < -0.39 is 64.5 Å². The number of ether oxygens (including phenoxy) is 1. The maximum Gasteiger partial charge on any atom is 0.407 e. The van der Waals surface area contributed by atoms with E-state index in [2.05, 4.69) is 5.32 Å². The van der Waals surface area contributed by atoms with Gasteiger partial charge >= 0.3 is 6.09 Å². The van der Waals surface area contributed by atoms with Crippen molar-refractivity contribution in [1.29, 1.82) is 0 Å². The smallest absolute Gasteiger partial charge is 0.407 e. The fourth-order valence-corrected chi connectivity index (χ4v) is 5.29. The number of carbonyl (C=O) groups is 1. The van der Waals surface area contributed by atoms with E-state index in [1.54, 1.807) is 51.1 Å². The van der Waals surface area contributed by atoms with Gasteiger partial charge in [0.05, 0.1) is 23.3 Å². The van der Waals surface area contributed by atoms with Crippen molar-refractivity contribution in [2.75, 3.05) is 13.0 Å². The van der Waals surface area contributed by atoms with Gasteiger partial charge in [-0.05, 0) is 68.8 Å². The number of nitrogens with one attached hydrogen (secondary N) is 1. The predicted octanol–water partition coefficient (Wildman–Crippen LogP) is 5.14. The lowest BCUT2D eigenvalue weighted by Crippen LogP contribution is -2.51. The predicted molar refractivity (Wildman–Crippen MR) is 148 cm³/mol. The van der Waals surface area contributed by atoms with Gasteiger partial charge in [-0.1, -0.05) is 51.0 Å². The topological polar surface area (TPSA) is 109 Å². The molecular formula is C29H40N2O6S. The van der Waals surface area contributed by atoms with E-state index in [9.17, 15) is 18.3 Å². The molecule has 1 heterocycles. The van der Waals surface area contributed by atoms with Gasteiger partial charge in [0.1, 0.15) is 11.2 Å². The molecule has 1 unspecified atom stereocenters. The Morgan fingerprint density at radius 1 is 1.26 bits per heavy atom. The van der Waals surface area contributed by atoms with Crippen molar-refractivity contribution < 1.29 is 35.7 Å². The number of benzene rings is 2. The second-order valence-electron chi connectivity index (χ2n) is 10.1. The highest BCUT2D eigenvalue weighted by Crippen LogP contribution is 2.27. The second-order valence-corrected chi connectivity index (χ2v) is 11.9. The van der Waals surface area contributed by atoms with Crippen molar-refractivity contribution in [2.45, 2.75) is 77.0 Å². The minimum atomic E-state index is -4.91. The molecule has 9 heteroatoms. The zero-order chi connectivity index (χ0) is 33.3. The van der Waals surface area contributed by atoms with Crippen LogP contribution in [0.3, 0.4) is 0 Å². The Bertz CT molecular complexity index is 1550. The number of aryl methyl sites for hydroxylation is 1. The third-order valence-electron chi connectivity index (χ3n) is 5.70. The minimum Gasteiger partial charge on any atom is -0.464 e. The van der Waals surface area contributed by atoms with E-state index in [0.717, 1.165) is 6.92 Å². The summed E-state index contributed by atoms with van der Waals surface area (Å²) in [5.41, 5.74) is 0.863. The monoisotopic (exact) mass is 550 g/mol. The molecule has 0 spiro atoms. The molecule has 2 aromatic carbocycles. The van der Waals surface area contributed by atoms with Gasteiger partial charge in [-0.3, -0.25) is 0 Å². The summed E-state index contributed by atoms with van der Waals surface area (Å²) in [4.78, 5) is 12.4. The molecule has 3 rings (SSSR count). The SMILES string of the molecule is [2H]C([2H])([2H])C([2H])(C)C([2H])([2H])N(C[C@@H](O)[C@H](Cc1ccccc1)NC(=O)OC(C)(C)C)S(=O)(=O)c1ccc2occ(CC)c2c1. The van der Waals surface area contributed by atoms with Crippen molar-refractivity contribution in [3.63, 3.8) is 0 Å². The van der Waals surface area contributed by atoms with Gasteiger partial charge in [0.2, 0.25) is 10.0 Å². The van der Waals surface area contributed by atoms with Gasteiger partial charge in [-0.15, -0.1) is 0 Å². The highest BCUT2D eigenvalue weighted by molar-refractivity contribution is 7.89. The second kappa shape index (κ2) is 12.3. The Balaban J connectivity index is 2.13. The first-order chi connectivity index (χ1) is 20.1. The quantitative estimate of drug-likeness (QED) is 0.342. The molecule has 8 nitrogen and oxygen atoms in total. The van der Waals surface area contributed by atoms with E-state index in [-0.39, 0.29) is 10.7 Å². The molecule has 208 valence electrons. The number of carbonyl (C=O) groups excluding carboxylic acids is 1. The molecule has 0 fully saturated rings. The molecular weight excluding hydrogens is 504 g/mol. The molecule has 1 aromatic heterocycles. The number of alkyl carbamates (subject to hydrolysis) is 1. The lowest BCUT2D eigenvalue weighted by Gasteiger charge is -2.31. The molecule has 0 aliphatic carbocycles. The van der Waals surface area contributed by atoms with Gasteiger partial charge in [-0.25, -0.2) is 13.2 Å². The zero-order valence-corrected chi connectivity index (χ0v) is 23.1. The van der Waals surface area contributed by atoms with E-state index in [4.69, 9.17) is 17.4 Å². The maximum atomic E-state index is 14.2. The van der Waals surface area contributed by atoms with Crippen LogP contribution in [0.4, 0.5) is 4.79 Å². The number of aliphatic hydroxyl groups excluding tert-OH is 1. The van der Waals surface area contributed by atoms with Crippen LogP contribution in [0.1, 0.15) is 60.8 Å². The molecule has 38 heavy (non-hydrogen) atoms. The molecule has 2 N–H and O–H groups in total. The van der Waals surface area contributed by atoms with Crippen LogP contribution in [-0.2, 0) is 27.6 Å². The van der Waals surface area contributed by atoms with Crippen LogP contribution in [0.15, 0.2) is 64.1 Å². The number of sulfonamides is 1. The Morgan fingerprint density at radius 3 is 2.61 bits per heavy atom. The maximum absolute atomic E-state index is 14.2. The molecule has 0 saturated carbocycles. The first kappa shape index (κ1) is 22.0.